The van der Waals surface area contributed by atoms with Crippen LogP contribution in [0.15, 0.2) is 30.6 Å². The van der Waals surface area contributed by atoms with E-state index in [4.69, 9.17) is 0 Å². The van der Waals surface area contributed by atoms with Gasteiger partial charge in [0.05, 0.1) is 0 Å². The van der Waals surface area contributed by atoms with E-state index in [-0.39, 0.29) is 0 Å². The van der Waals surface area contributed by atoms with E-state index in [1.807, 2.05) is 0 Å². The summed E-state index contributed by atoms with van der Waals surface area (Å²) in [6, 6.07) is 6.20. The molecule has 0 aliphatic carbocycles. The van der Waals surface area contributed by atoms with Gasteiger partial charge in [-0.2, -0.15) is 13.2 Å². The Hall–Kier alpha value is -1.35. The minimum Gasteiger partial charge on any atom is -0.445 e. The van der Waals surface area contributed by atoms with Gasteiger partial charge < -0.3 is 12.9 Å². The number of aryl methyl sites for hydroxylation is 1. The fraction of sp³-hybridized carbons (Fsp3) is 0.583. The maximum atomic E-state index is 11.2. The molecule has 0 aliphatic heterocycles. The van der Waals surface area contributed by atoms with Crippen LogP contribution in [0.4, 0.5) is 34.9 Å². The second kappa shape index (κ2) is 8.33. The molecule has 1 heterocycles. The van der Waals surface area contributed by atoms with Gasteiger partial charge in [-0.05, 0) is 6.42 Å². The molecular weight excluding hydrogens is 321 g/mol. The topological polar surface area (TPSA) is 3.88 Å². The highest BCUT2D eigenvalue weighted by atomic mass is 19.4. The number of hydrogen-bond donors (Lipinski definition) is 0. The lowest BCUT2D eigenvalue weighted by atomic mass is 9.80. The molecule has 0 spiro atoms. The molecule has 0 amide bonds. The van der Waals surface area contributed by atoms with Gasteiger partial charge >= 0.3 is 19.0 Å². The smallest absolute Gasteiger partial charge is 0.445 e. The highest BCUT2D eigenvalue weighted by molar-refractivity contribution is 6.61. The number of pyridine rings is 1. The molecule has 1 rings (SSSR count). The zero-order valence-corrected chi connectivity index (χ0v) is 11.8. The van der Waals surface area contributed by atoms with Crippen LogP contribution in [0.1, 0.15) is 26.2 Å². The van der Waals surface area contributed by atoms with E-state index >= 15 is 0 Å². The number of alkyl halides is 5. The number of unbranched alkanes of at least 4 members (excludes halogenated alkanes) is 2. The molecule has 0 unspecified atom stereocenters. The van der Waals surface area contributed by atoms with Gasteiger partial charge in [0, 0.05) is 18.6 Å². The van der Waals surface area contributed by atoms with E-state index in [1.54, 1.807) is 0 Å². The molecule has 0 atom stereocenters. The fourth-order valence-corrected chi connectivity index (χ4v) is 1.31. The Kier molecular flexibility index (Phi) is 7.82. The van der Waals surface area contributed by atoms with Crippen LogP contribution >= 0.6 is 0 Å². The standard InChI is InChI=1S/C10H16N.C2BF8/c1-2-3-5-8-11-9-6-4-7-10-11;4-1(5,2(6,7)8)3(9,10)11/h4,6-7,9-10H,2-3,5,8H2,1H3;/q+1;-1. The van der Waals surface area contributed by atoms with Crippen molar-refractivity contribution in [3.05, 3.63) is 30.6 Å². The van der Waals surface area contributed by atoms with Crippen molar-refractivity contribution in [1.29, 1.82) is 0 Å². The second-order valence-corrected chi connectivity index (χ2v) is 4.52. The van der Waals surface area contributed by atoms with Gasteiger partial charge in [-0.25, -0.2) is 13.3 Å². The molecule has 1 aromatic heterocycles. The highest BCUT2D eigenvalue weighted by Gasteiger charge is 2.69. The molecule has 0 saturated heterocycles. The SMILES string of the molecule is CCCCC[n+]1ccccc1.F[B-](F)(F)C(F)(F)C(F)(F)F. The molecule has 0 bridgehead atoms. The fourth-order valence-electron chi connectivity index (χ4n) is 1.31. The van der Waals surface area contributed by atoms with Crippen LogP contribution < -0.4 is 4.57 Å². The summed E-state index contributed by atoms with van der Waals surface area (Å²) in [4.78, 5) is 0. The van der Waals surface area contributed by atoms with Crippen LogP contribution in [0.25, 0.3) is 0 Å². The van der Waals surface area contributed by atoms with E-state index in [0.717, 1.165) is 6.54 Å². The first kappa shape index (κ1) is 20.7. The average molecular weight is 337 g/mol. The van der Waals surface area contributed by atoms with Crippen molar-refractivity contribution in [3.8, 4) is 0 Å². The van der Waals surface area contributed by atoms with Crippen molar-refractivity contribution < 1.29 is 39.5 Å². The number of rotatable bonds is 5. The quantitative estimate of drug-likeness (QED) is 0.316. The van der Waals surface area contributed by atoms with E-state index in [2.05, 4.69) is 42.1 Å². The van der Waals surface area contributed by atoms with Crippen LogP contribution in [0.3, 0.4) is 0 Å². The van der Waals surface area contributed by atoms with Crippen LogP contribution in [-0.4, -0.2) is 19.0 Å². The zero-order chi connectivity index (χ0) is 17.4. The Bertz CT molecular complexity index is 399. The third kappa shape index (κ3) is 6.61. The summed E-state index contributed by atoms with van der Waals surface area (Å²) >= 11 is 0. The van der Waals surface area contributed by atoms with Crippen molar-refractivity contribution >= 4 is 6.98 Å². The molecule has 10 heteroatoms. The first-order chi connectivity index (χ1) is 9.93. The molecule has 0 saturated carbocycles. The van der Waals surface area contributed by atoms with Crippen molar-refractivity contribution in [2.45, 2.75) is 44.7 Å². The zero-order valence-electron chi connectivity index (χ0n) is 11.8. The lowest BCUT2D eigenvalue weighted by Gasteiger charge is -2.28. The van der Waals surface area contributed by atoms with Gasteiger partial charge in [0.15, 0.2) is 12.4 Å². The molecule has 0 aromatic carbocycles. The number of nitrogens with zero attached hydrogens (tertiary/aromatic N) is 1. The number of hydrogen-bond acceptors (Lipinski definition) is 0. The predicted octanol–water partition coefficient (Wildman–Crippen LogP) is 4.73. The molecule has 0 N–H and O–H groups in total. The minimum atomic E-state index is -7.21. The third-order valence-corrected chi connectivity index (χ3v) is 2.59. The molecule has 0 radical (unpaired) electrons. The molecule has 1 aromatic rings. The Morgan fingerprint density at radius 1 is 0.864 bits per heavy atom. The molecule has 1 nitrogen and oxygen atoms in total. The third-order valence-electron chi connectivity index (χ3n) is 2.59. The minimum absolute atomic E-state index is 1.16. The van der Waals surface area contributed by atoms with Crippen molar-refractivity contribution in [3.63, 3.8) is 0 Å². The first-order valence-corrected chi connectivity index (χ1v) is 6.51. The largest absolute Gasteiger partial charge is 0.558 e. The summed E-state index contributed by atoms with van der Waals surface area (Å²) in [6.45, 7) is -3.82. The van der Waals surface area contributed by atoms with Crippen molar-refractivity contribution in [2.75, 3.05) is 0 Å². The Morgan fingerprint density at radius 3 is 1.68 bits per heavy atom. The highest BCUT2D eigenvalue weighted by Crippen LogP contribution is 2.43. The van der Waals surface area contributed by atoms with Gasteiger partial charge in [-0.15, -0.1) is 0 Å². The van der Waals surface area contributed by atoms with Gasteiger partial charge in [0.2, 0.25) is 0 Å². The predicted molar refractivity (Wildman–Crippen MR) is 66.2 cm³/mol. The Morgan fingerprint density at radius 2 is 1.36 bits per heavy atom. The van der Waals surface area contributed by atoms with Gasteiger partial charge in [0.1, 0.15) is 6.54 Å². The molecular formula is C12H16BF8N. The second-order valence-electron chi connectivity index (χ2n) is 4.52. The Labute approximate surface area is 123 Å². The number of halogens is 8. The summed E-state index contributed by atoms with van der Waals surface area (Å²) in [7, 11) is 0. The van der Waals surface area contributed by atoms with Crippen molar-refractivity contribution in [2.24, 2.45) is 0 Å². The molecule has 0 aliphatic rings. The molecule has 128 valence electrons. The van der Waals surface area contributed by atoms with Gasteiger partial charge in [-0.3, -0.25) is 0 Å². The van der Waals surface area contributed by atoms with Crippen LogP contribution in [0.5, 0.6) is 0 Å². The number of aromatic nitrogens is 1. The maximum Gasteiger partial charge on any atom is 0.558 e. The lowest BCUT2D eigenvalue weighted by molar-refractivity contribution is -0.697. The first-order valence-electron chi connectivity index (χ1n) is 6.51. The summed E-state index contributed by atoms with van der Waals surface area (Å²) in [5.74, 6) is -6.56. The summed E-state index contributed by atoms with van der Waals surface area (Å²) in [5, 5.41) is 0. The van der Waals surface area contributed by atoms with Crippen molar-refractivity contribution in [1.82, 2.24) is 0 Å². The molecule has 0 fully saturated rings. The summed E-state index contributed by atoms with van der Waals surface area (Å²) in [6.07, 6.45) is 1.62. The Balaban J connectivity index is 0.000000401. The van der Waals surface area contributed by atoms with E-state index in [0.29, 0.717) is 0 Å². The normalized spacial score (nSPS) is 12.6. The van der Waals surface area contributed by atoms with Crippen LogP contribution in [0.2, 0.25) is 0 Å². The van der Waals surface area contributed by atoms with Crippen LogP contribution in [0, 0.1) is 0 Å². The van der Waals surface area contributed by atoms with E-state index < -0.39 is 19.0 Å². The molecule has 22 heavy (non-hydrogen) atoms. The summed E-state index contributed by atoms with van der Waals surface area (Å²) < 4.78 is 90.1. The maximum absolute atomic E-state index is 11.2. The summed E-state index contributed by atoms with van der Waals surface area (Å²) in [5.41, 5.74) is 0. The lowest BCUT2D eigenvalue weighted by Crippen LogP contribution is -2.53. The van der Waals surface area contributed by atoms with E-state index in [1.165, 1.54) is 19.3 Å². The monoisotopic (exact) mass is 337 g/mol. The van der Waals surface area contributed by atoms with Gasteiger partial charge in [0.25, 0.3) is 0 Å². The van der Waals surface area contributed by atoms with Crippen LogP contribution in [-0.2, 0) is 6.54 Å². The van der Waals surface area contributed by atoms with E-state index in [9.17, 15) is 34.9 Å². The average Bonchev–Trinajstić information content (AvgIpc) is 2.38. The van der Waals surface area contributed by atoms with Gasteiger partial charge in [-0.1, -0.05) is 19.4 Å².